The molecule has 0 aliphatic heterocycles. The van der Waals surface area contributed by atoms with E-state index in [0.717, 1.165) is 128 Å². The molecule has 0 aliphatic rings. The molecule has 19 nitrogen and oxygen atoms in total. The van der Waals surface area contributed by atoms with E-state index in [2.05, 4.69) is 62.8 Å². The van der Waals surface area contributed by atoms with Crippen LogP contribution in [0.25, 0.3) is 0 Å². The minimum atomic E-state index is -4.82. The van der Waals surface area contributed by atoms with Crippen LogP contribution in [0, 0.1) is 0 Å². The van der Waals surface area contributed by atoms with Crippen LogP contribution < -0.4 is 21.3 Å². The van der Waals surface area contributed by atoms with Gasteiger partial charge in [-0.1, -0.05) is 362 Å². The van der Waals surface area contributed by atoms with Gasteiger partial charge in [-0.25, -0.2) is 13.9 Å². The minimum absolute atomic E-state index is 0.199. The van der Waals surface area contributed by atoms with Crippen molar-refractivity contribution >= 4 is 45.4 Å². The van der Waals surface area contributed by atoms with Gasteiger partial charge < -0.3 is 40.5 Å². The summed E-state index contributed by atoms with van der Waals surface area (Å²) in [5.74, 6) is -1.42. The summed E-state index contributed by atoms with van der Waals surface area (Å²) in [5.41, 5.74) is 0. The molecule has 0 spiro atoms. The SMILES string of the molecule is CCCCCCCCC/C=C/C(OC(=O)CCCCCCCCCCC)C(COP(=O)(O)OCCNC(=O)NCCOP(=O)(O)OCC(NC(=O)CCCCCCCCCCCCC)C(/C=C/CCCCCCCCC)OC(=O)CCCCCCCCCCC)NC(=O)CCCCCCCCCCCCC. The lowest BCUT2D eigenvalue weighted by Gasteiger charge is -2.27. The second-order valence-electron chi connectivity index (χ2n) is 30.0. The van der Waals surface area contributed by atoms with E-state index in [-0.39, 0.29) is 50.6 Å². The summed E-state index contributed by atoms with van der Waals surface area (Å²) in [6.45, 7) is 10.8. The molecule has 6 atom stereocenters. The quantitative estimate of drug-likeness (QED) is 0.0143. The van der Waals surface area contributed by atoms with Gasteiger partial charge in [-0.3, -0.25) is 37.3 Å². The normalized spacial score (nSPS) is 14.0. The lowest BCUT2D eigenvalue weighted by atomic mass is 10.0. The van der Waals surface area contributed by atoms with Crippen LogP contribution in [0.4, 0.5) is 4.79 Å². The molecule has 0 aromatic carbocycles. The van der Waals surface area contributed by atoms with Crippen molar-refractivity contribution in [3.8, 4) is 0 Å². The summed E-state index contributed by atoms with van der Waals surface area (Å²) in [6, 6.07) is -2.77. The van der Waals surface area contributed by atoms with Gasteiger partial charge in [0.05, 0.1) is 38.5 Å². The average Bonchev–Trinajstić information content (AvgIpc) is 0.881. The van der Waals surface area contributed by atoms with Crippen LogP contribution in [-0.4, -0.2) is 103 Å². The number of carbonyl (C=O) groups excluding carboxylic acids is 5. The zero-order chi connectivity index (χ0) is 77.8. The average molecular weight is 1540 g/mol. The highest BCUT2D eigenvalue weighted by Gasteiger charge is 2.32. The van der Waals surface area contributed by atoms with Crippen molar-refractivity contribution in [1.82, 2.24) is 21.3 Å². The first-order chi connectivity index (χ1) is 51.6. The monoisotopic (exact) mass is 1540 g/mol. The third-order valence-corrected chi connectivity index (χ3v) is 21.7. The van der Waals surface area contributed by atoms with E-state index < -0.39 is 84.3 Å². The van der Waals surface area contributed by atoms with Gasteiger partial charge in [0.2, 0.25) is 11.8 Å². The molecule has 0 rings (SSSR count). The second-order valence-corrected chi connectivity index (χ2v) is 32.9. The maximum atomic E-state index is 13.7. The first-order valence-corrected chi connectivity index (χ1v) is 47.1. The Morgan fingerprint density at radius 3 is 0.792 bits per heavy atom. The van der Waals surface area contributed by atoms with Crippen molar-refractivity contribution in [2.75, 3.05) is 39.5 Å². The van der Waals surface area contributed by atoms with Gasteiger partial charge in [-0.05, 0) is 63.5 Å². The van der Waals surface area contributed by atoms with Crippen molar-refractivity contribution in [3.05, 3.63) is 24.3 Å². The number of amides is 4. The van der Waals surface area contributed by atoms with Crippen LogP contribution in [0.1, 0.15) is 427 Å². The largest absolute Gasteiger partial charge is 0.472 e. The Bertz CT molecular complexity index is 2050. The summed E-state index contributed by atoms with van der Waals surface area (Å²) < 4.78 is 60.8. The number of urea groups is 1. The Morgan fingerprint density at radius 2 is 0.538 bits per heavy atom. The van der Waals surface area contributed by atoms with E-state index >= 15 is 0 Å². The fourth-order valence-electron chi connectivity index (χ4n) is 13.0. The number of rotatable bonds is 82. The molecule has 6 N–H and O–H groups in total. The van der Waals surface area contributed by atoms with E-state index in [1.807, 2.05) is 12.2 Å². The Morgan fingerprint density at radius 1 is 0.311 bits per heavy atom. The van der Waals surface area contributed by atoms with Crippen LogP contribution in [0.15, 0.2) is 24.3 Å². The maximum absolute atomic E-state index is 13.7. The fourth-order valence-corrected chi connectivity index (χ4v) is 14.5. The number of allylic oxidation sites excluding steroid dienone is 2. The van der Waals surface area contributed by atoms with Crippen LogP contribution in [-0.2, 0) is 55.9 Å². The Hall–Kier alpha value is -3.15. The van der Waals surface area contributed by atoms with Crippen LogP contribution >= 0.6 is 15.6 Å². The summed E-state index contributed by atoms with van der Waals surface area (Å²) in [6.07, 6.45) is 68.2. The number of phosphoric acid groups is 2. The first kappa shape index (κ1) is 103. The third-order valence-electron chi connectivity index (χ3n) is 19.7. The molecular formula is C85H164N4O15P2. The van der Waals surface area contributed by atoms with E-state index in [4.69, 9.17) is 27.6 Å². The van der Waals surface area contributed by atoms with Crippen molar-refractivity contribution in [2.45, 2.75) is 451 Å². The number of hydrogen-bond acceptors (Lipinski definition) is 13. The molecule has 0 saturated carbocycles. The van der Waals surface area contributed by atoms with Gasteiger partial charge in [-0.15, -0.1) is 0 Å². The molecule has 6 unspecified atom stereocenters. The molecule has 624 valence electrons. The highest BCUT2D eigenvalue weighted by atomic mass is 31.2. The first-order valence-electron chi connectivity index (χ1n) is 44.1. The van der Waals surface area contributed by atoms with Crippen molar-refractivity contribution in [1.29, 1.82) is 0 Å². The van der Waals surface area contributed by atoms with Gasteiger partial charge in [0, 0.05) is 38.8 Å². The number of phosphoric ester groups is 2. The van der Waals surface area contributed by atoms with Crippen LogP contribution in [0.3, 0.4) is 0 Å². The number of unbranched alkanes of at least 4 members (excludes halogenated alkanes) is 50. The molecule has 0 aliphatic carbocycles. The summed E-state index contributed by atoms with van der Waals surface area (Å²) in [7, 11) is -9.63. The number of nitrogens with one attached hydrogen (secondary N) is 4. The summed E-state index contributed by atoms with van der Waals surface area (Å²) in [4.78, 5) is 89.3. The molecule has 0 aromatic heterocycles. The molecular weight excluding hydrogens is 1380 g/mol. The van der Waals surface area contributed by atoms with E-state index in [0.29, 0.717) is 25.7 Å². The molecule has 4 amide bonds. The molecule has 0 bridgehead atoms. The fraction of sp³-hybridized carbons (Fsp3) is 0.894. The van der Waals surface area contributed by atoms with Crippen molar-refractivity contribution in [3.63, 3.8) is 0 Å². The van der Waals surface area contributed by atoms with Crippen LogP contribution in [0.5, 0.6) is 0 Å². The standard InChI is InChI=1S/C85H164N4O15P2/c1-7-13-19-25-31-37-39-45-49-55-61-67-81(90)88-77(79(65-59-53-47-41-33-27-21-15-9-3)103-83(92)69-63-57-51-43-35-29-23-17-11-5)75-101-105(95,96)99-73-71-86-85(94)87-72-74-100-106(97,98)102-76-78(89-82(91)68-62-56-50-46-40-38-32-26-20-14-8-2)80(66-60-54-48-42-34-28-22-16-10-4)104-84(93)70-64-58-52-44-36-30-24-18-12-6/h59-60,65-66,77-80H,7-58,61-64,67-76H2,1-6H3,(H,88,90)(H,89,91)(H,95,96)(H,97,98)(H2,86,87,94)/b65-59+,66-60+. The van der Waals surface area contributed by atoms with Gasteiger partial charge >= 0.3 is 33.6 Å². The predicted molar refractivity (Wildman–Crippen MR) is 438 cm³/mol. The Kier molecular flexibility index (Phi) is 74.9. The van der Waals surface area contributed by atoms with Gasteiger partial charge in [0.25, 0.3) is 0 Å². The van der Waals surface area contributed by atoms with E-state index in [1.54, 1.807) is 12.2 Å². The Labute approximate surface area is 648 Å². The molecule has 0 heterocycles. The van der Waals surface area contributed by atoms with E-state index in [1.165, 1.54) is 205 Å². The molecule has 21 heteroatoms. The summed E-state index contributed by atoms with van der Waals surface area (Å²) in [5, 5.41) is 11.0. The van der Waals surface area contributed by atoms with Crippen molar-refractivity contribution in [2.24, 2.45) is 0 Å². The highest BCUT2D eigenvalue weighted by molar-refractivity contribution is 7.47. The lowest BCUT2D eigenvalue weighted by molar-refractivity contribution is -0.150. The van der Waals surface area contributed by atoms with Gasteiger partial charge in [0.15, 0.2) is 0 Å². The zero-order valence-electron chi connectivity index (χ0n) is 68.9. The number of ether oxygens (including phenoxy) is 2. The predicted octanol–water partition coefficient (Wildman–Crippen LogP) is 24.0. The van der Waals surface area contributed by atoms with Gasteiger partial charge in [-0.2, -0.15) is 0 Å². The number of esters is 2. The second kappa shape index (κ2) is 77.2. The smallest absolute Gasteiger partial charge is 0.456 e. The molecule has 0 aromatic rings. The van der Waals surface area contributed by atoms with Crippen molar-refractivity contribution < 1.29 is 70.5 Å². The topological polar surface area (TPSA) is 263 Å². The number of hydrogen-bond donors (Lipinski definition) is 6. The van der Waals surface area contributed by atoms with E-state index in [9.17, 15) is 42.9 Å². The summed E-state index contributed by atoms with van der Waals surface area (Å²) >= 11 is 0. The minimum Gasteiger partial charge on any atom is -0.456 e. The van der Waals surface area contributed by atoms with Crippen LogP contribution in [0.2, 0.25) is 0 Å². The lowest BCUT2D eigenvalue weighted by Crippen LogP contribution is -2.47. The molecule has 0 radical (unpaired) electrons. The molecule has 0 fully saturated rings. The third kappa shape index (κ3) is 71.2. The zero-order valence-corrected chi connectivity index (χ0v) is 70.7. The Balaban J connectivity index is 6.07. The maximum Gasteiger partial charge on any atom is 0.472 e. The van der Waals surface area contributed by atoms with Gasteiger partial charge in [0.1, 0.15) is 12.2 Å². The molecule has 0 saturated heterocycles. The highest BCUT2D eigenvalue weighted by Crippen LogP contribution is 2.44. The molecule has 106 heavy (non-hydrogen) atoms. The number of carbonyl (C=O) groups is 5.